The first-order valence-electron chi connectivity index (χ1n) is 6.58. The molecule has 0 fully saturated rings. The zero-order valence-electron chi connectivity index (χ0n) is 11.1. The molecule has 2 heterocycles. The summed E-state index contributed by atoms with van der Waals surface area (Å²) < 4.78 is 0. The lowest BCUT2D eigenvalue weighted by molar-refractivity contribution is 0.830. The lowest BCUT2D eigenvalue weighted by Crippen LogP contribution is -2.07. The normalized spacial score (nSPS) is 10.2. The number of hydrogen-bond acceptors (Lipinski definition) is 5. The Balaban J connectivity index is 1.88. The molecular formula is C14H19N5. The van der Waals surface area contributed by atoms with Crippen LogP contribution in [-0.4, -0.2) is 21.5 Å². The van der Waals surface area contributed by atoms with Crippen molar-refractivity contribution in [1.82, 2.24) is 15.0 Å². The highest BCUT2D eigenvalue weighted by atomic mass is 15.1. The Morgan fingerprint density at radius 1 is 1.05 bits per heavy atom. The summed E-state index contributed by atoms with van der Waals surface area (Å²) in [6.07, 6.45) is 7.63. The minimum Gasteiger partial charge on any atom is -0.370 e. The number of nitrogens with one attached hydrogen (secondary N) is 2. The molecule has 0 saturated heterocycles. The summed E-state index contributed by atoms with van der Waals surface area (Å²) in [7, 11) is 0. The fourth-order valence-corrected chi connectivity index (χ4v) is 1.62. The molecule has 0 spiro atoms. The maximum Gasteiger partial charge on any atom is 0.224 e. The van der Waals surface area contributed by atoms with Crippen molar-refractivity contribution in [1.29, 1.82) is 0 Å². The van der Waals surface area contributed by atoms with E-state index in [2.05, 4.69) is 32.5 Å². The van der Waals surface area contributed by atoms with Gasteiger partial charge in [-0.25, -0.2) is 4.98 Å². The second-order valence-electron chi connectivity index (χ2n) is 4.25. The Morgan fingerprint density at radius 3 is 2.68 bits per heavy atom. The van der Waals surface area contributed by atoms with Gasteiger partial charge in [0.25, 0.3) is 0 Å². The Bertz CT molecular complexity index is 486. The van der Waals surface area contributed by atoms with Crippen LogP contribution in [0.4, 0.5) is 11.8 Å². The average Bonchev–Trinajstić information content (AvgIpc) is 2.47. The van der Waals surface area contributed by atoms with Crippen LogP contribution in [0.5, 0.6) is 0 Å². The summed E-state index contributed by atoms with van der Waals surface area (Å²) in [5.74, 6) is 1.50. The number of aromatic nitrogens is 3. The van der Waals surface area contributed by atoms with Crippen molar-refractivity contribution in [2.45, 2.75) is 26.3 Å². The zero-order valence-corrected chi connectivity index (χ0v) is 11.1. The van der Waals surface area contributed by atoms with Crippen LogP contribution >= 0.6 is 0 Å². The summed E-state index contributed by atoms with van der Waals surface area (Å²) in [5.41, 5.74) is 1.16. The average molecular weight is 257 g/mol. The molecule has 5 heteroatoms. The molecule has 2 rings (SSSR count). The van der Waals surface area contributed by atoms with Gasteiger partial charge in [-0.05, 0) is 30.2 Å². The molecule has 0 amide bonds. The number of hydrogen-bond donors (Lipinski definition) is 2. The Hall–Kier alpha value is -2.17. The molecule has 5 nitrogen and oxygen atoms in total. The van der Waals surface area contributed by atoms with Crippen LogP contribution in [0, 0.1) is 0 Å². The first-order chi connectivity index (χ1) is 9.38. The molecule has 100 valence electrons. The predicted octanol–water partition coefficient (Wildman–Crippen LogP) is 2.70. The highest BCUT2D eigenvalue weighted by molar-refractivity contribution is 5.39. The third-order valence-corrected chi connectivity index (χ3v) is 2.69. The Morgan fingerprint density at radius 2 is 1.89 bits per heavy atom. The first-order valence-corrected chi connectivity index (χ1v) is 6.58. The van der Waals surface area contributed by atoms with E-state index in [-0.39, 0.29) is 0 Å². The van der Waals surface area contributed by atoms with Crippen LogP contribution in [-0.2, 0) is 6.54 Å². The van der Waals surface area contributed by atoms with Crippen LogP contribution in [0.3, 0.4) is 0 Å². The van der Waals surface area contributed by atoms with Crippen molar-refractivity contribution in [2.24, 2.45) is 0 Å². The summed E-state index contributed by atoms with van der Waals surface area (Å²) in [4.78, 5) is 12.6. The molecule has 2 N–H and O–H groups in total. The van der Waals surface area contributed by atoms with Gasteiger partial charge in [0.15, 0.2) is 0 Å². The van der Waals surface area contributed by atoms with Crippen molar-refractivity contribution in [3.8, 4) is 0 Å². The molecule has 0 aliphatic heterocycles. The second kappa shape index (κ2) is 7.31. The van der Waals surface area contributed by atoms with Crippen LogP contribution in [0.15, 0.2) is 36.8 Å². The molecule has 0 radical (unpaired) electrons. The highest BCUT2D eigenvalue weighted by Crippen LogP contribution is 2.07. The SMILES string of the molecule is CCCCNc1ccnc(NCc2ccncc2)n1. The third kappa shape index (κ3) is 4.54. The number of pyridine rings is 1. The fraction of sp³-hybridized carbons (Fsp3) is 0.357. The molecule has 2 aromatic rings. The molecule has 0 bridgehead atoms. The Kier molecular flexibility index (Phi) is 5.10. The summed E-state index contributed by atoms with van der Waals surface area (Å²) in [5, 5.41) is 6.48. The number of rotatable bonds is 7. The van der Waals surface area contributed by atoms with Gasteiger partial charge in [0, 0.05) is 31.7 Å². The van der Waals surface area contributed by atoms with Gasteiger partial charge in [-0.1, -0.05) is 13.3 Å². The van der Waals surface area contributed by atoms with E-state index >= 15 is 0 Å². The maximum atomic E-state index is 4.41. The van der Waals surface area contributed by atoms with E-state index in [1.807, 2.05) is 18.2 Å². The van der Waals surface area contributed by atoms with Crippen molar-refractivity contribution >= 4 is 11.8 Å². The van der Waals surface area contributed by atoms with Gasteiger partial charge in [-0.15, -0.1) is 0 Å². The van der Waals surface area contributed by atoms with E-state index in [0.29, 0.717) is 12.5 Å². The molecule has 2 aromatic heterocycles. The zero-order chi connectivity index (χ0) is 13.3. The quantitative estimate of drug-likeness (QED) is 0.747. The highest BCUT2D eigenvalue weighted by Gasteiger charge is 1.98. The van der Waals surface area contributed by atoms with Crippen LogP contribution in [0.1, 0.15) is 25.3 Å². The molecule has 19 heavy (non-hydrogen) atoms. The van der Waals surface area contributed by atoms with E-state index in [0.717, 1.165) is 24.3 Å². The van der Waals surface area contributed by atoms with E-state index in [1.165, 1.54) is 6.42 Å². The maximum absolute atomic E-state index is 4.41. The number of unbranched alkanes of at least 4 members (excludes halogenated alkanes) is 1. The lowest BCUT2D eigenvalue weighted by atomic mass is 10.3. The summed E-state index contributed by atoms with van der Waals surface area (Å²) in [6, 6.07) is 5.82. The van der Waals surface area contributed by atoms with Crippen LogP contribution in [0.2, 0.25) is 0 Å². The molecule has 0 unspecified atom stereocenters. The van der Waals surface area contributed by atoms with Crippen molar-refractivity contribution in [2.75, 3.05) is 17.2 Å². The van der Waals surface area contributed by atoms with E-state index in [4.69, 9.17) is 0 Å². The number of anilines is 2. The smallest absolute Gasteiger partial charge is 0.224 e. The number of nitrogens with zero attached hydrogens (tertiary/aromatic N) is 3. The van der Waals surface area contributed by atoms with E-state index in [9.17, 15) is 0 Å². The van der Waals surface area contributed by atoms with E-state index in [1.54, 1.807) is 18.6 Å². The predicted molar refractivity (Wildman–Crippen MR) is 77.0 cm³/mol. The molecule has 0 aliphatic rings. The lowest BCUT2D eigenvalue weighted by Gasteiger charge is -2.07. The van der Waals surface area contributed by atoms with Gasteiger partial charge < -0.3 is 10.6 Å². The van der Waals surface area contributed by atoms with Crippen molar-refractivity contribution in [3.63, 3.8) is 0 Å². The first kappa shape index (κ1) is 13.3. The molecule has 0 atom stereocenters. The van der Waals surface area contributed by atoms with Gasteiger partial charge in [0.05, 0.1) is 0 Å². The third-order valence-electron chi connectivity index (χ3n) is 2.69. The van der Waals surface area contributed by atoms with Gasteiger partial charge in [-0.2, -0.15) is 4.98 Å². The van der Waals surface area contributed by atoms with Crippen LogP contribution in [0.25, 0.3) is 0 Å². The fourth-order valence-electron chi connectivity index (χ4n) is 1.62. The monoisotopic (exact) mass is 257 g/mol. The standard InChI is InChI=1S/C14H19N5/c1-2-3-7-16-13-6-10-17-14(19-13)18-11-12-4-8-15-9-5-12/h4-6,8-10H,2-3,7,11H2,1H3,(H2,16,17,18,19). The largest absolute Gasteiger partial charge is 0.370 e. The molecule has 0 aliphatic carbocycles. The minimum absolute atomic E-state index is 0.637. The van der Waals surface area contributed by atoms with Crippen LogP contribution < -0.4 is 10.6 Å². The van der Waals surface area contributed by atoms with Gasteiger partial charge >= 0.3 is 0 Å². The topological polar surface area (TPSA) is 62.7 Å². The molecule has 0 aromatic carbocycles. The molecule has 0 saturated carbocycles. The minimum atomic E-state index is 0.637. The Labute approximate surface area is 113 Å². The van der Waals surface area contributed by atoms with Gasteiger partial charge in [-0.3, -0.25) is 4.98 Å². The summed E-state index contributed by atoms with van der Waals surface area (Å²) >= 11 is 0. The van der Waals surface area contributed by atoms with Crippen molar-refractivity contribution in [3.05, 3.63) is 42.4 Å². The van der Waals surface area contributed by atoms with Crippen molar-refractivity contribution < 1.29 is 0 Å². The van der Waals surface area contributed by atoms with Gasteiger partial charge in [0.2, 0.25) is 5.95 Å². The van der Waals surface area contributed by atoms with E-state index < -0.39 is 0 Å². The summed E-state index contributed by atoms with van der Waals surface area (Å²) in [6.45, 7) is 3.81. The van der Waals surface area contributed by atoms with Gasteiger partial charge in [0.1, 0.15) is 5.82 Å². The molecular weight excluding hydrogens is 238 g/mol. The second-order valence-corrected chi connectivity index (χ2v) is 4.25.